The van der Waals surface area contributed by atoms with Gasteiger partial charge in [-0.2, -0.15) is 5.26 Å². The molecule has 0 aromatic carbocycles. The van der Waals surface area contributed by atoms with Crippen molar-refractivity contribution in [2.24, 2.45) is 5.41 Å². The Morgan fingerprint density at radius 3 is 2.40 bits per heavy atom. The van der Waals surface area contributed by atoms with Crippen molar-refractivity contribution in [3.63, 3.8) is 0 Å². The van der Waals surface area contributed by atoms with Gasteiger partial charge in [0.25, 0.3) is 0 Å². The number of rotatable bonds is 7. The molecule has 0 amide bonds. The summed E-state index contributed by atoms with van der Waals surface area (Å²) in [6, 6.07) is 2.23. The predicted octanol–water partition coefficient (Wildman–Crippen LogP) is 0.951. The molecule has 0 heterocycles. The lowest BCUT2D eigenvalue weighted by Crippen LogP contribution is -2.24. The number of hydrogen-bond acceptors (Lipinski definition) is 4. The van der Waals surface area contributed by atoms with Gasteiger partial charge >= 0.3 is 0 Å². The maximum absolute atomic E-state index is 10.8. The highest BCUT2D eigenvalue weighted by Crippen LogP contribution is 2.19. The van der Waals surface area contributed by atoms with Crippen LogP contribution in [-0.4, -0.2) is 33.5 Å². The Morgan fingerprint density at radius 2 is 1.93 bits per heavy atom. The predicted molar refractivity (Wildman–Crippen MR) is 61.2 cm³/mol. The van der Waals surface area contributed by atoms with E-state index in [0.29, 0.717) is 6.54 Å². The highest BCUT2D eigenvalue weighted by Gasteiger charge is 2.15. The van der Waals surface area contributed by atoms with Crippen LogP contribution in [0.25, 0.3) is 0 Å². The van der Waals surface area contributed by atoms with Gasteiger partial charge in [-0.25, -0.2) is 8.42 Å². The minimum Gasteiger partial charge on any atom is -0.316 e. The number of sulfone groups is 1. The van der Waals surface area contributed by atoms with Crippen LogP contribution in [0.2, 0.25) is 0 Å². The van der Waals surface area contributed by atoms with E-state index in [1.807, 2.05) is 13.8 Å². The summed E-state index contributed by atoms with van der Waals surface area (Å²) in [6.07, 6.45) is 2.95. The molecule has 0 aromatic rings. The zero-order valence-electron chi connectivity index (χ0n) is 9.71. The van der Waals surface area contributed by atoms with Gasteiger partial charge in [0.15, 0.2) is 0 Å². The van der Waals surface area contributed by atoms with Gasteiger partial charge < -0.3 is 5.32 Å². The highest BCUT2D eigenvalue weighted by molar-refractivity contribution is 7.90. The molecule has 0 bridgehead atoms. The number of nitrogens with one attached hydrogen (secondary N) is 1. The normalized spacial score (nSPS) is 12.4. The summed E-state index contributed by atoms with van der Waals surface area (Å²) in [5, 5.41) is 11.8. The average molecular weight is 232 g/mol. The lowest BCUT2D eigenvalue weighted by molar-refractivity contribution is 0.427. The second-order valence-corrected chi connectivity index (χ2v) is 6.74. The van der Waals surface area contributed by atoms with Crippen LogP contribution in [0.1, 0.15) is 26.7 Å². The topological polar surface area (TPSA) is 70.0 Å². The molecule has 0 fully saturated rings. The van der Waals surface area contributed by atoms with Crippen LogP contribution in [0.4, 0.5) is 0 Å². The van der Waals surface area contributed by atoms with Crippen molar-refractivity contribution in [3.8, 4) is 6.07 Å². The van der Waals surface area contributed by atoms with Crippen LogP contribution in [-0.2, 0) is 9.84 Å². The number of nitriles is 1. The van der Waals surface area contributed by atoms with E-state index in [1.165, 1.54) is 6.26 Å². The van der Waals surface area contributed by atoms with Crippen molar-refractivity contribution >= 4 is 9.84 Å². The fourth-order valence-electron chi connectivity index (χ4n) is 1.09. The van der Waals surface area contributed by atoms with Crippen molar-refractivity contribution in [1.82, 2.24) is 5.32 Å². The molecule has 0 aliphatic carbocycles. The zero-order valence-corrected chi connectivity index (χ0v) is 10.5. The van der Waals surface area contributed by atoms with Crippen molar-refractivity contribution in [2.75, 3.05) is 25.1 Å². The van der Waals surface area contributed by atoms with E-state index >= 15 is 0 Å². The summed E-state index contributed by atoms with van der Waals surface area (Å²) in [5.41, 5.74) is -0.279. The quantitative estimate of drug-likeness (QED) is 0.663. The third-order valence-corrected chi connectivity index (χ3v) is 3.05. The van der Waals surface area contributed by atoms with E-state index in [-0.39, 0.29) is 11.2 Å². The third-order valence-electron chi connectivity index (χ3n) is 2.11. The SMILES string of the molecule is CC(C)(C#N)CCCNCCS(C)(=O)=O. The van der Waals surface area contributed by atoms with Crippen LogP contribution >= 0.6 is 0 Å². The van der Waals surface area contributed by atoms with E-state index in [4.69, 9.17) is 5.26 Å². The summed E-state index contributed by atoms with van der Waals surface area (Å²) in [5.74, 6) is 0.175. The van der Waals surface area contributed by atoms with Gasteiger partial charge in [0.05, 0.1) is 17.2 Å². The van der Waals surface area contributed by atoms with Gasteiger partial charge in [-0.05, 0) is 33.2 Å². The Bertz CT molecular complexity index is 315. The lowest BCUT2D eigenvalue weighted by atomic mass is 9.90. The fraction of sp³-hybridized carbons (Fsp3) is 0.900. The molecule has 0 spiro atoms. The van der Waals surface area contributed by atoms with Crippen LogP contribution in [0.5, 0.6) is 0 Å². The second-order valence-electron chi connectivity index (χ2n) is 4.48. The highest BCUT2D eigenvalue weighted by atomic mass is 32.2. The van der Waals surface area contributed by atoms with Gasteiger partial charge in [-0.3, -0.25) is 0 Å². The largest absolute Gasteiger partial charge is 0.316 e. The van der Waals surface area contributed by atoms with Crippen LogP contribution in [0, 0.1) is 16.7 Å². The van der Waals surface area contributed by atoms with E-state index in [1.54, 1.807) is 0 Å². The van der Waals surface area contributed by atoms with E-state index in [2.05, 4.69) is 11.4 Å². The maximum Gasteiger partial charge on any atom is 0.148 e. The molecule has 0 aliphatic heterocycles. The van der Waals surface area contributed by atoms with Gasteiger partial charge in [0.2, 0.25) is 0 Å². The Hall–Kier alpha value is -0.600. The molecule has 0 saturated carbocycles. The van der Waals surface area contributed by atoms with Crippen molar-refractivity contribution in [3.05, 3.63) is 0 Å². The monoisotopic (exact) mass is 232 g/mol. The van der Waals surface area contributed by atoms with E-state index in [0.717, 1.165) is 19.4 Å². The molecule has 0 unspecified atom stereocenters. The minimum atomic E-state index is -2.86. The zero-order chi connectivity index (χ0) is 11.9. The second kappa shape index (κ2) is 6.09. The van der Waals surface area contributed by atoms with Crippen LogP contribution in [0.15, 0.2) is 0 Å². The van der Waals surface area contributed by atoms with Crippen molar-refractivity contribution in [1.29, 1.82) is 5.26 Å². The van der Waals surface area contributed by atoms with Crippen molar-refractivity contribution < 1.29 is 8.42 Å². The summed E-state index contributed by atoms with van der Waals surface area (Å²) in [7, 11) is -2.86. The number of nitrogens with zero attached hydrogens (tertiary/aromatic N) is 1. The molecule has 0 rings (SSSR count). The first-order valence-electron chi connectivity index (χ1n) is 5.06. The van der Waals surface area contributed by atoms with Crippen molar-refractivity contribution in [2.45, 2.75) is 26.7 Å². The van der Waals surface area contributed by atoms with Gasteiger partial charge in [0, 0.05) is 12.8 Å². The molecule has 0 saturated heterocycles. The smallest absolute Gasteiger partial charge is 0.148 e. The summed E-state index contributed by atoms with van der Waals surface area (Å²) < 4.78 is 21.6. The molecule has 0 aromatic heterocycles. The maximum atomic E-state index is 10.8. The summed E-state index contributed by atoms with van der Waals surface area (Å²) in [4.78, 5) is 0. The average Bonchev–Trinajstić information content (AvgIpc) is 2.09. The Morgan fingerprint density at radius 1 is 1.33 bits per heavy atom. The van der Waals surface area contributed by atoms with Gasteiger partial charge in [-0.15, -0.1) is 0 Å². The standard InChI is InChI=1S/C10H20N2O2S/c1-10(2,9-11)5-4-6-12-7-8-15(3,13)14/h12H,4-8H2,1-3H3. The van der Waals surface area contributed by atoms with E-state index in [9.17, 15) is 8.42 Å². The fourth-order valence-corrected chi connectivity index (χ4v) is 1.61. The molecule has 88 valence electrons. The first kappa shape index (κ1) is 14.4. The molecule has 0 aliphatic rings. The molecule has 15 heavy (non-hydrogen) atoms. The first-order chi connectivity index (χ1) is 6.77. The number of hydrogen-bond donors (Lipinski definition) is 1. The van der Waals surface area contributed by atoms with Crippen LogP contribution < -0.4 is 5.32 Å². The Labute approximate surface area is 92.6 Å². The molecule has 0 atom stereocenters. The van der Waals surface area contributed by atoms with Gasteiger partial charge in [-0.1, -0.05) is 0 Å². The first-order valence-corrected chi connectivity index (χ1v) is 7.13. The van der Waals surface area contributed by atoms with Gasteiger partial charge in [0.1, 0.15) is 9.84 Å². The van der Waals surface area contributed by atoms with Crippen LogP contribution in [0.3, 0.4) is 0 Å². The third kappa shape index (κ3) is 9.70. The molecule has 1 N–H and O–H groups in total. The molecule has 0 radical (unpaired) electrons. The Kier molecular flexibility index (Phi) is 5.84. The summed E-state index contributed by atoms with van der Waals surface area (Å²) in [6.45, 7) is 5.07. The molecular formula is C10H20N2O2S. The molecule has 5 heteroatoms. The summed E-state index contributed by atoms with van der Waals surface area (Å²) >= 11 is 0. The molecular weight excluding hydrogens is 212 g/mol. The van der Waals surface area contributed by atoms with E-state index < -0.39 is 9.84 Å². The lowest BCUT2D eigenvalue weighted by Gasteiger charge is -2.14. The Balaban J connectivity index is 3.46. The molecule has 4 nitrogen and oxygen atoms in total. The minimum absolute atomic E-state index is 0.175.